The molecule has 17 aromatic rings. The van der Waals surface area contributed by atoms with E-state index in [1.54, 1.807) is 60.7 Å². The van der Waals surface area contributed by atoms with Crippen LogP contribution in [0.25, 0.3) is 129 Å². The maximum Gasteiger partial charge on any atom is 0.339 e. The molecule has 0 N–H and O–H groups in total. The average molecular weight is 1700 g/mol. The molecule has 4 aliphatic rings. The highest BCUT2D eigenvalue weighted by Crippen LogP contribution is 2.56. The fraction of sp³-hybridized carbons (Fsp3) is 0.241. The van der Waals surface area contributed by atoms with Crippen molar-refractivity contribution in [3.63, 3.8) is 0 Å². The number of carbonyl (C=O) groups excluding carboxylic acids is 10. The van der Waals surface area contributed by atoms with E-state index >= 15 is 4.79 Å². The summed E-state index contributed by atoms with van der Waals surface area (Å²) in [5, 5.41) is 16.4. The summed E-state index contributed by atoms with van der Waals surface area (Å²) >= 11 is 0. The van der Waals surface area contributed by atoms with Gasteiger partial charge in [-0.25, -0.2) is 9.59 Å². The number of nitrogens with zero attached hydrogens (tertiary/aromatic N) is 4. The Kier molecular flexibility index (Phi) is 19.6. The van der Waals surface area contributed by atoms with Crippen molar-refractivity contribution in [1.29, 1.82) is 0 Å². The number of esters is 2. The van der Waals surface area contributed by atoms with E-state index in [2.05, 4.69) is 13.8 Å². The third-order valence-electron chi connectivity index (χ3n) is 26.5. The second-order valence-corrected chi connectivity index (χ2v) is 34.6. The van der Waals surface area contributed by atoms with Crippen LogP contribution in [0.15, 0.2) is 182 Å². The first-order valence-corrected chi connectivity index (χ1v) is 44.5. The first-order chi connectivity index (χ1) is 62.2. The van der Waals surface area contributed by atoms with Crippen molar-refractivity contribution in [2.45, 2.75) is 132 Å². The molecule has 0 radical (unpaired) electrons. The predicted molar refractivity (Wildman–Crippen MR) is 497 cm³/mol. The molecule has 636 valence electrons. The highest BCUT2D eigenvalue weighted by molar-refractivity contribution is 6.45. The van der Waals surface area contributed by atoms with Gasteiger partial charge in [0.25, 0.3) is 47.3 Å². The predicted octanol–water partition coefficient (Wildman–Crippen LogP) is 23.4. The number of benzene rings is 17. The van der Waals surface area contributed by atoms with Crippen LogP contribution in [0.3, 0.4) is 0 Å². The van der Waals surface area contributed by atoms with Crippen molar-refractivity contribution < 1.29 is 76.4 Å². The van der Waals surface area contributed by atoms with Gasteiger partial charge in [-0.05, 0) is 250 Å². The molecular formula is C108H88N4O16. The Morgan fingerprint density at radius 2 is 0.570 bits per heavy atom. The Morgan fingerprint density at radius 1 is 0.273 bits per heavy atom. The van der Waals surface area contributed by atoms with Gasteiger partial charge in [-0.1, -0.05) is 132 Å². The van der Waals surface area contributed by atoms with Crippen LogP contribution in [-0.4, -0.2) is 130 Å². The van der Waals surface area contributed by atoms with Gasteiger partial charge in [-0.2, -0.15) is 0 Å². The molecule has 0 saturated carbocycles. The van der Waals surface area contributed by atoms with E-state index in [1.165, 1.54) is 19.6 Å². The number of hydrogen-bond donors (Lipinski definition) is 0. The summed E-state index contributed by atoms with van der Waals surface area (Å²) in [7, 11) is 0. The summed E-state index contributed by atoms with van der Waals surface area (Å²) in [6.45, 7) is 16.5. The van der Waals surface area contributed by atoms with Crippen molar-refractivity contribution in [3.8, 4) is 34.5 Å². The molecule has 0 saturated heterocycles. The molecule has 17 aromatic carbocycles. The Balaban J connectivity index is 0.623. The molecule has 21 rings (SSSR count). The van der Waals surface area contributed by atoms with Crippen molar-refractivity contribution in [2.24, 2.45) is 0 Å². The summed E-state index contributed by atoms with van der Waals surface area (Å²) in [6, 6.07) is 54.6. The standard InChI is InChI=1S/C108H88N4O16/c1-9-13-49-123-81-44-43-70-94-84(128-60-23-19-58(20-24-60)46-48-110-101(115)73-36-27-63-67-31-40-77-92-78(106(120)112(56(7)8)105(77)119)41-32-68(88(67)92)64-28-37-74(102(110)116)90(73)86(63)64)54-82(124-50-14-10-2)95-79(107(121)125-51-15-11-3)42-33-69(97(94)95)93-83(53-80(96(81)98(70)93)108(122)126-52-16-12-4)127-59-21-17-57(18-22-59)45-47-109-99(113)71-34-25-61-65-29-38-75-91-76(104(118)111(55(5)6)103(75)117)39-30-66(87(65)91)62-26-35-72(100(109)114)89(71)85(61)62/h17-44,53-56H,9-16,45-52H2,1-8H3. The van der Waals surface area contributed by atoms with Crippen LogP contribution in [0.5, 0.6) is 34.5 Å². The minimum absolute atomic E-state index is 0.0476. The normalized spacial score (nSPS) is 14.1. The smallest absolute Gasteiger partial charge is 0.339 e. The third-order valence-corrected chi connectivity index (χ3v) is 26.5. The summed E-state index contributed by atoms with van der Waals surface area (Å²) < 4.78 is 40.3. The topological polar surface area (TPSA) is 239 Å². The number of fused-ring (bicyclic) bond motifs is 6. The summed E-state index contributed by atoms with van der Waals surface area (Å²) in [4.78, 5) is 151. The maximum atomic E-state index is 15.2. The Bertz CT molecular complexity index is 7490. The Morgan fingerprint density at radius 3 is 0.914 bits per heavy atom. The number of rotatable bonds is 28. The van der Waals surface area contributed by atoms with E-state index in [9.17, 15) is 43.2 Å². The fourth-order valence-electron chi connectivity index (χ4n) is 20.3. The largest absolute Gasteiger partial charge is 0.493 e. The summed E-state index contributed by atoms with van der Waals surface area (Å²) in [5.41, 5.74) is 5.42. The molecule has 0 spiro atoms. The number of hydrogen-bond acceptors (Lipinski definition) is 16. The lowest BCUT2D eigenvalue weighted by Crippen LogP contribution is -2.44. The molecule has 0 bridgehead atoms. The molecule has 0 aromatic heterocycles. The Labute approximate surface area is 734 Å². The molecule has 128 heavy (non-hydrogen) atoms. The van der Waals surface area contributed by atoms with E-state index < -0.39 is 35.6 Å². The summed E-state index contributed by atoms with van der Waals surface area (Å²) in [6.07, 6.45) is 6.42. The van der Waals surface area contributed by atoms with E-state index in [0.717, 1.165) is 108 Å². The first kappa shape index (κ1) is 80.5. The second kappa shape index (κ2) is 31.2. The molecule has 4 heterocycles. The Hall–Kier alpha value is -14.7. The number of imide groups is 4. The van der Waals surface area contributed by atoms with Crippen LogP contribution in [0.1, 0.15) is 221 Å². The van der Waals surface area contributed by atoms with Gasteiger partial charge in [0.2, 0.25) is 0 Å². The third kappa shape index (κ3) is 12.2. The van der Waals surface area contributed by atoms with Crippen LogP contribution < -0.4 is 18.9 Å². The van der Waals surface area contributed by atoms with Crippen LogP contribution >= 0.6 is 0 Å². The quantitative estimate of drug-likeness (QED) is 0.0146. The van der Waals surface area contributed by atoms with Crippen LogP contribution in [-0.2, 0) is 22.3 Å². The van der Waals surface area contributed by atoms with Crippen molar-refractivity contribution in [2.75, 3.05) is 39.5 Å². The molecule has 0 unspecified atom stereocenters. The van der Waals surface area contributed by atoms with E-state index in [4.69, 9.17) is 28.4 Å². The van der Waals surface area contributed by atoms with Crippen molar-refractivity contribution in [3.05, 3.63) is 249 Å². The average Bonchev–Trinajstić information content (AvgIpc) is 0.697. The molecule has 0 atom stereocenters. The van der Waals surface area contributed by atoms with Crippen LogP contribution in [0.4, 0.5) is 0 Å². The highest BCUT2D eigenvalue weighted by Gasteiger charge is 2.42. The van der Waals surface area contributed by atoms with Gasteiger partial charge in [0, 0.05) is 130 Å². The van der Waals surface area contributed by atoms with E-state index in [0.29, 0.717) is 170 Å². The first-order valence-electron chi connectivity index (χ1n) is 44.5. The van der Waals surface area contributed by atoms with Crippen LogP contribution in [0.2, 0.25) is 0 Å². The minimum atomic E-state index is -0.599. The minimum Gasteiger partial charge on any atom is -0.493 e. The van der Waals surface area contributed by atoms with Crippen LogP contribution in [0, 0.1) is 0 Å². The monoisotopic (exact) mass is 1700 g/mol. The summed E-state index contributed by atoms with van der Waals surface area (Å²) in [5.74, 6) is -2.00. The fourth-order valence-corrected chi connectivity index (χ4v) is 20.3. The molecule has 4 aliphatic heterocycles. The zero-order valence-electron chi connectivity index (χ0n) is 72.1. The van der Waals surface area contributed by atoms with Gasteiger partial charge >= 0.3 is 11.9 Å². The number of carbonyl (C=O) groups is 10. The number of ether oxygens (including phenoxy) is 6. The van der Waals surface area contributed by atoms with Gasteiger partial charge in [0.05, 0.1) is 37.6 Å². The number of unbranched alkanes of at least 4 members (excludes halogenated alkanes) is 4. The lowest BCUT2D eigenvalue weighted by atomic mass is 9.82. The zero-order chi connectivity index (χ0) is 88.3. The van der Waals surface area contributed by atoms with E-state index in [1.807, 2.05) is 163 Å². The van der Waals surface area contributed by atoms with E-state index in [-0.39, 0.29) is 91.9 Å². The second-order valence-electron chi connectivity index (χ2n) is 34.6. The molecule has 20 nitrogen and oxygen atoms in total. The number of amides is 8. The van der Waals surface area contributed by atoms with Gasteiger partial charge in [-0.15, -0.1) is 0 Å². The van der Waals surface area contributed by atoms with Gasteiger partial charge in [-0.3, -0.25) is 58.0 Å². The molecule has 8 amide bonds. The zero-order valence-corrected chi connectivity index (χ0v) is 72.1. The molecule has 20 heteroatoms. The van der Waals surface area contributed by atoms with Gasteiger partial charge < -0.3 is 28.4 Å². The lowest BCUT2D eigenvalue weighted by molar-refractivity contribution is 0.0492. The highest BCUT2D eigenvalue weighted by atomic mass is 16.5. The maximum absolute atomic E-state index is 15.2. The molecular weight excluding hydrogens is 1610 g/mol. The van der Waals surface area contributed by atoms with Gasteiger partial charge in [0.1, 0.15) is 34.5 Å². The molecule has 0 aliphatic carbocycles. The van der Waals surface area contributed by atoms with Crippen molar-refractivity contribution >= 4 is 188 Å². The molecule has 0 fully saturated rings. The lowest BCUT2D eigenvalue weighted by Gasteiger charge is -2.31. The van der Waals surface area contributed by atoms with Gasteiger partial charge in [0.15, 0.2) is 0 Å². The van der Waals surface area contributed by atoms with Crippen molar-refractivity contribution in [1.82, 2.24) is 19.6 Å². The SMILES string of the molecule is CCCCOC(=O)c1ccc2c3c(Oc4ccc(CCN5C(=O)c6ccc7c8ccc9c%10c(ccc(c%11ccc(c6c7%11)C5=O)c%108)C(=O)N(C(C)C)C9=O)cc4)cc(C(=O)OCCCC)c4c(OCCCC)ccc(c5c(Oc6ccc(CCN7C(=O)c8ccc9c%10ccc%11c%12c(ccc(c%13ccc(c8c9%13)C7=O)c%12%10)C(=O)N(C(C)C)C%11=O)cc6)cc(OCCCC)c1c25)c43.